The van der Waals surface area contributed by atoms with Crippen LogP contribution in [0.3, 0.4) is 0 Å². The molecule has 4 rings (SSSR count). The van der Waals surface area contributed by atoms with Crippen LogP contribution in [0.15, 0.2) is 28.7 Å². The molecule has 156 valence electrons. The monoisotopic (exact) mass is 406 g/mol. The van der Waals surface area contributed by atoms with Crippen molar-refractivity contribution in [3.63, 3.8) is 0 Å². The maximum Gasteiger partial charge on any atom is 0.228 e. The fraction of sp³-hybridized carbons (Fsp3) is 0.435. The summed E-state index contributed by atoms with van der Waals surface area (Å²) in [7, 11) is 0. The number of nitrogens with zero attached hydrogens (tertiary/aromatic N) is 3. The molecular formula is C23H26N4O3. The quantitative estimate of drug-likeness (QED) is 0.680. The number of amides is 1. The van der Waals surface area contributed by atoms with E-state index in [1.54, 1.807) is 0 Å². The lowest BCUT2D eigenvalue weighted by molar-refractivity contribution is -0.122. The van der Waals surface area contributed by atoms with Crippen molar-refractivity contribution in [2.45, 2.75) is 46.1 Å². The predicted octanol–water partition coefficient (Wildman–Crippen LogP) is 4.35. The van der Waals surface area contributed by atoms with Crippen molar-refractivity contribution in [1.82, 2.24) is 9.78 Å². The normalized spacial score (nSPS) is 14.9. The summed E-state index contributed by atoms with van der Waals surface area (Å²) in [5.41, 5.74) is 3.18. The summed E-state index contributed by atoms with van der Waals surface area (Å²) in [5.74, 6) is 1.65. The summed E-state index contributed by atoms with van der Waals surface area (Å²) in [6, 6.07) is 9.79. The first kappa shape index (κ1) is 20.2. The van der Waals surface area contributed by atoms with Crippen LogP contribution < -0.4 is 5.32 Å². The average Bonchev–Trinajstić information content (AvgIpc) is 3.32. The van der Waals surface area contributed by atoms with E-state index in [0.29, 0.717) is 31.1 Å². The highest BCUT2D eigenvalue weighted by Crippen LogP contribution is 2.29. The fourth-order valence-electron chi connectivity index (χ4n) is 3.79. The Morgan fingerprint density at radius 3 is 2.77 bits per heavy atom. The number of hydrogen-bond donors (Lipinski definition) is 1. The second-order valence-corrected chi connectivity index (χ2v) is 8.17. The molecule has 7 heteroatoms. The molecule has 1 aromatic carbocycles. The largest absolute Gasteiger partial charge is 0.460 e. The molecule has 0 bridgehead atoms. The number of nitriles is 1. The molecule has 1 aliphatic rings. The van der Waals surface area contributed by atoms with E-state index in [-0.39, 0.29) is 17.7 Å². The van der Waals surface area contributed by atoms with Gasteiger partial charge in [-0.3, -0.25) is 9.48 Å². The third kappa shape index (κ3) is 4.10. The van der Waals surface area contributed by atoms with Gasteiger partial charge in [0.1, 0.15) is 11.3 Å². The van der Waals surface area contributed by atoms with Gasteiger partial charge in [0.15, 0.2) is 5.82 Å². The van der Waals surface area contributed by atoms with Crippen molar-refractivity contribution >= 4 is 22.7 Å². The van der Waals surface area contributed by atoms with Crippen LogP contribution in [0.5, 0.6) is 0 Å². The van der Waals surface area contributed by atoms with Gasteiger partial charge < -0.3 is 14.5 Å². The Kier molecular flexibility index (Phi) is 5.60. The van der Waals surface area contributed by atoms with Crippen LogP contribution in [0.4, 0.5) is 5.82 Å². The Morgan fingerprint density at radius 2 is 2.07 bits per heavy atom. The number of carbonyl (C=O) groups excluding carboxylic acids is 1. The molecule has 0 atom stereocenters. The zero-order valence-corrected chi connectivity index (χ0v) is 17.6. The highest BCUT2D eigenvalue weighted by molar-refractivity contribution is 5.91. The molecule has 1 N–H and O–H groups in total. The zero-order chi connectivity index (χ0) is 21.3. The minimum absolute atomic E-state index is 0.00979. The molecule has 1 aliphatic heterocycles. The van der Waals surface area contributed by atoms with E-state index in [4.69, 9.17) is 9.15 Å². The van der Waals surface area contributed by atoms with E-state index in [0.717, 1.165) is 40.8 Å². The Hall–Kier alpha value is -3.11. The highest BCUT2D eigenvalue weighted by atomic mass is 16.5. The van der Waals surface area contributed by atoms with Crippen LogP contribution in [0.25, 0.3) is 11.0 Å². The number of furan rings is 1. The first-order valence-corrected chi connectivity index (χ1v) is 10.3. The standard InChI is InChI=1S/C23H26N4O3/c1-14(2)20-11-18-9-16(12-24)10-19(22(18)30-20)13-27-15(3)8-21(26-27)25-23(28)17-4-6-29-7-5-17/h8-11,14,17H,4-7,13H2,1-3H3,(H,25,26,28). The molecular weight excluding hydrogens is 380 g/mol. The number of ether oxygens (including phenoxy) is 1. The van der Waals surface area contributed by atoms with Crippen LogP contribution in [-0.4, -0.2) is 28.9 Å². The van der Waals surface area contributed by atoms with Crippen molar-refractivity contribution < 1.29 is 13.9 Å². The Balaban J connectivity index is 1.59. The summed E-state index contributed by atoms with van der Waals surface area (Å²) < 4.78 is 13.2. The van der Waals surface area contributed by atoms with Gasteiger partial charge in [0, 0.05) is 47.8 Å². The predicted molar refractivity (Wildman–Crippen MR) is 113 cm³/mol. The Morgan fingerprint density at radius 1 is 1.30 bits per heavy atom. The molecule has 1 amide bonds. The third-order valence-corrected chi connectivity index (χ3v) is 5.56. The Labute approximate surface area is 175 Å². The maximum absolute atomic E-state index is 12.5. The average molecular weight is 406 g/mol. The van der Waals surface area contributed by atoms with Gasteiger partial charge in [-0.2, -0.15) is 10.4 Å². The summed E-state index contributed by atoms with van der Waals surface area (Å²) in [4.78, 5) is 12.5. The van der Waals surface area contributed by atoms with Gasteiger partial charge in [0.25, 0.3) is 0 Å². The van der Waals surface area contributed by atoms with Crippen molar-refractivity contribution in [3.8, 4) is 6.07 Å². The fourth-order valence-corrected chi connectivity index (χ4v) is 3.79. The van der Waals surface area contributed by atoms with E-state index in [1.165, 1.54) is 0 Å². The highest BCUT2D eigenvalue weighted by Gasteiger charge is 2.22. The number of carbonyl (C=O) groups is 1. The van der Waals surface area contributed by atoms with E-state index in [1.807, 2.05) is 35.9 Å². The van der Waals surface area contributed by atoms with Crippen LogP contribution in [0.1, 0.15) is 55.2 Å². The Bertz CT molecular complexity index is 1110. The second kappa shape index (κ2) is 8.33. The lowest BCUT2D eigenvalue weighted by Gasteiger charge is -2.20. The lowest BCUT2D eigenvalue weighted by Crippen LogP contribution is -2.28. The van der Waals surface area contributed by atoms with Gasteiger partial charge in [-0.25, -0.2) is 0 Å². The van der Waals surface area contributed by atoms with Crippen molar-refractivity contribution in [2.75, 3.05) is 18.5 Å². The first-order chi connectivity index (χ1) is 14.4. The summed E-state index contributed by atoms with van der Waals surface area (Å²) in [6.45, 7) is 7.80. The number of aromatic nitrogens is 2. The number of rotatable bonds is 5. The summed E-state index contributed by atoms with van der Waals surface area (Å²) >= 11 is 0. The van der Waals surface area contributed by atoms with E-state index >= 15 is 0 Å². The van der Waals surface area contributed by atoms with Crippen LogP contribution in [-0.2, 0) is 16.1 Å². The van der Waals surface area contributed by atoms with Gasteiger partial charge in [0.2, 0.25) is 5.91 Å². The molecule has 30 heavy (non-hydrogen) atoms. The van der Waals surface area contributed by atoms with Crippen molar-refractivity contribution in [1.29, 1.82) is 5.26 Å². The van der Waals surface area contributed by atoms with Gasteiger partial charge in [-0.15, -0.1) is 0 Å². The molecule has 1 saturated heterocycles. The molecule has 2 aromatic heterocycles. The molecule has 0 unspecified atom stereocenters. The maximum atomic E-state index is 12.5. The zero-order valence-electron chi connectivity index (χ0n) is 17.6. The van der Waals surface area contributed by atoms with Crippen LogP contribution in [0, 0.1) is 24.2 Å². The van der Waals surface area contributed by atoms with Crippen molar-refractivity contribution in [3.05, 3.63) is 46.8 Å². The van der Waals surface area contributed by atoms with Crippen LogP contribution >= 0.6 is 0 Å². The number of anilines is 1. The lowest BCUT2D eigenvalue weighted by atomic mass is 9.99. The molecule has 0 aliphatic carbocycles. The minimum Gasteiger partial charge on any atom is -0.460 e. The molecule has 0 radical (unpaired) electrons. The topological polar surface area (TPSA) is 93.1 Å². The molecule has 1 fully saturated rings. The third-order valence-electron chi connectivity index (χ3n) is 5.56. The molecule has 3 aromatic rings. The van der Waals surface area contributed by atoms with Gasteiger partial charge in [-0.1, -0.05) is 13.8 Å². The van der Waals surface area contributed by atoms with E-state index < -0.39 is 0 Å². The number of nitrogens with one attached hydrogen (secondary N) is 1. The first-order valence-electron chi connectivity index (χ1n) is 10.3. The van der Waals surface area contributed by atoms with E-state index in [2.05, 4.69) is 30.3 Å². The number of benzene rings is 1. The molecule has 0 saturated carbocycles. The molecule has 7 nitrogen and oxygen atoms in total. The number of hydrogen-bond acceptors (Lipinski definition) is 5. The van der Waals surface area contributed by atoms with Crippen molar-refractivity contribution in [2.24, 2.45) is 5.92 Å². The van der Waals surface area contributed by atoms with Gasteiger partial charge in [-0.05, 0) is 38.0 Å². The summed E-state index contributed by atoms with van der Waals surface area (Å²) in [6.07, 6.45) is 1.47. The molecule has 3 heterocycles. The number of fused-ring (bicyclic) bond motifs is 1. The van der Waals surface area contributed by atoms with Gasteiger partial charge in [0.05, 0.1) is 18.2 Å². The van der Waals surface area contributed by atoms with Gasteiger partial charge >= 0.3 is 0 Å². The van der Waals surface area contributed by atoms with Crippen LogP contribution in [0.2, 0.25) is 0 Å². The van der Waals surface area contributed by atoms with E-state index in [9.17, 15) is 10.1 Å². The SMILES string of the molecule is Cc1cc(NC(=O)C2CCOCC2)nn1Cc1cc(C#N)cc2cc(C(C)C)oc12. The minimum atomic E-state index is -0.0336. The smallest absolute Gasteiger partial charge is 0.228 e. The summed E-state index contributed by atoms with van der Waals surface area (Å²) in [5, 5.41) is 17.9. The number of aryl methyl sites for hydroxylation is 1. The second-order valence-electron chi connectivity index (χ2n) is 8.17. The molecule has 0 spiro atoms.